The molecule has 13 heavy (non-hydrogen) atoms. The van der Waals surface area contributed by atoms with E-state index in [2.05, 4.69) is 15.1 Å². The Hall–Kier alpha value is -1.97. The lowest BCUT2D eigenvalue weighted by molar-refractivity contribution is 0.321. The Morgan fingerprint density at radius 2 is 2.23 bits per heavy atom. The molecule has 1 N–H and O–H groups in total. The number of hydrogen-bond acceptors (Lipinski definition) is 4. The van der Waals surface area contributed by atoms with E-state index in [1.807, 2.05) is 12.1 Å². The Bertz CT molecular complexity index is 453. The molecular weight excluding hydrogens is 166 g/mol. The van der Waals surface area contributed by atoms with Crippen molar-refractivity contribution in [1.29, 1.82) is 0 Å². The van der Waals surface area contributed by atoms with E-state index in [1.165, 1.54) is 6.21 Å². The van der Waals surface area contributed by atoms with Gasteiger partial charge in [0.2, 0.25) is 0 Å². The van der Waals surface area contributed by atoms with Crippen molar-refractivity contribution < 1.29 is 5.21 Å². The van der Waals surface area contributed by atoms with Gasteiger partial charge in [-0.05, 0) is 18.2 Å². The van der Waals surface area contributed by atoms with Gasteiger partial charge in [-0.3, -0.25) is 4.98 Å². The molecule has 64 valence electrons. The molecule has 4 nitrogen and oxygen atoms in total. The SMILES string of the molecule is O/N=C/c1ccc2cnccc2n1. The second-order valence-corrected chi connectivity index (χ2v) is 2.55. The molecule has 0 fully saturated rings. The summed E-state index contributed by atoms with van der Waals surface area (Å²) in [6, 6.07) is 5.46. The van der Waals surface area contributed by atoms with E-state index in [0.717, 1.165) is 10.9 Å². The lowest BCUT2D eigenvalue weighted by Gasteiger charge is -1.95. The maximum absolute atomic E-state index is 8.31. The second-order valence-electron chi connectivity index (χ2n) is 2.55. The normalized spacial score (nSPS) is 11.1. The van der Waals surface area contributed by atoms with E-state index < -0.39 is 0 Å². The number of nitrogens with zero attached hydrogens (tertiary/aromatic N) is 3. The lowest BCUT2D eigenvalue weighted by atomic mass is 10.2. The van der Waals surface area contributed by atoms with Crippen molar-refractivity contribution in [2.45, 2.75) is 0 Å². The van der Waals surface area contributed by atoms with Crippen molar-refractivity contribution in [3.8, 4) is 0 Å². The third-order valence-electron chi connectivity index (χ3n) is 1.70. The number of pyridine rings is 2. The number of rotatable bonds is 1. The summed E-state index contributed by atoms with van der Waals surface area (Å²) in [5.41, 5.74) is 1.47. The predicted octanol–water partition coefficient (Wildman–Crippen LogP) is 1.44. The molecule has 2 rings (SSSR count). The first-order valence-electron chi connectivity index (χ1n) is 3.78. The molecule has 2 aromatic heterocycles. The first kappa shape index (κ1) is 7.67. The molecule has 2 heterocycles. The summed E-state index contributed by atoms with van der Waals surface area (Å²) < 4.78 is 0. The molecule has 0 atom stereocenters. The third kappa shape index (κ3) is 1.46. The van der Waals surface area contributed by atoms with Crippen molar-refractivity contribution >= 4 is 17.1 Å². The van der Waals surface area contributed by atoms with Gasteiger partial charge in [0.05, 0.1) is 17.4 Å². The molecule has 0 aliphatic carbocycles. The van der Waals surface area contributed by atoms with E-state index in [0.29, 0.717) is 5.69 Å². The molecule has 4 heteroatoms. The molecule has 0 saturated carbocycles. The van der Waals surface area contributed by atoms with Gasteiger partial charge in [0, 0.05) is 17.8 Å². The first-order valence-corrected chi connectivity index (χ1v) is 3.78. The quantitative estimate of drug-likeness (QED) is 0.403. The summed E-state index contributed by atoms with van der Waals surface area (Å²) in [6.45, 7) is 0. The second kappa shape index (κ2) is 3.18. The van der Waals surface area contributed by atoms with Gasteiger partial charge in [-0.2, -0.15) is 0 Å². The van der Waals surface area contributed by atoms with E-state index in [4.69, 9.17) is 5.21 Å². The Labute approximate surface area is 74.6 Å². The van der Waals surface area contributed by atoms with Crippen LogP contribution in [-0.4, -0.2) is 21.4 Å². The van der Waals surface area contributed by atoms with Crippen LogP contribution in [0.15, 0.2) is 35.7 Å². The highest BCUT2D eigenvalue weighted by Gasteiger charge is 1.94. The Balaban J connectivity index is 2.62. The van der Waals surface area contributed by atoms with Crippen molar-refractivity contribution in [1.82, 2.24) is 9.97 Å². The van der Waals surface area contributed by atoms with Gasteiger partial charge in [-0.15, -0.1) is 0 Å². The van der Waals surface area contributed by atoms with Crippen molar-refractivity contribution in [2.75, 3.05) is 0 Å². The van der Waals surface area contributed by atoms with E-state index in [1.54, 1.807) is 18.5 Å². The number of hydrogen-bond donors (Lipinski definition) is 1. The van der Waals surface area contributed by atoms with Crippen molar-refractivity contribution in [3.05, 3.63) is 36.3 Å². The van der Waals surface area contributed by atoms with Crippen LogP contribution in [0.4, 0.5) is 0 Å². The molecule has 0 aromatic carbocycles. The summed E-state index contributed by atoms with van der Waals surface area (Å²) in [7, 11) is 0. The summed E-state index contributed by atoms with van der Waals surface area (Å²) >= 11 is 0. The van der Waals surface area contributed by atoms with E-state index >= 15 is 0 Å². The molecule has 0 aliphatic rings. The molecular formula is C9H7N3O. The maximum Gasteiger partial charge on any atom is 0.0918 e. The van der Waals surface area contributed by atoms with Gasteiger partial charge >= 0.3 is 0 Å². The van der Waals surface area contributed by atoms with Gasteiger partial charge in [0.15, 0.2) is 0 Å². The number of oxime groups is 1. The summed E-state index contributed by atoms with van der Waals surface area (Å²) in [5.74, 6) is 0. The lowest BCUT2D eigenvalue weighted by Crippen LogP contribution is -1.88. The Morgan fingerprint density at radius 1 is 1.31 bits per heavy atom. The Kier molecular flexibility index (Phi) is 1.88. The van der Waals surface area contributed by atoms with Crippen molar-refractivity contribution in [2.24, 2.45) is 5.16 Å². The number of fused-ring (bicyclic) bond motifs is 1. The molecule has 0 amide bonds. The van der Waals surface area contributed by atoms with E-state index in [-0.39, 0.29) is 0 Å². The fourth-order valence-corrected chi connectivity index (χ4v) is 1.11. The van der Waals surface area contributed by atoms with Crippen LogP contribution in [0.25, 0.3) is 10.9 Å². The molecule has 0 bridgehead atoms. The van der Waals surface area contributed by atoms with Crippen LogP contribution in [0.2, 0.25) is 0 Å². The van der Waals surface area contributed by atoms with Gasteiger partial charge in [-0.1, -0.05) is 5.16 Å². The summed E-state index contributed by atoms with van der Waals surface area (Å²) in [6.07, 6.45) is 4.71. The minimum absolute atomic E-state index is 0.626. The molecule has 2 aromatic rings. The highest BCUT2D eigenvalue weighted by Crippen LogP contribution is 2.08. The molecule has 0 saturated heterocycles. The van der Waals surface area contributed by atoms with Gasteiger partial charge in [0.1, 0.15) is 0 Å². The standard InChI is InChI=1S/C9H7N3O/c13-11-6-8-2-1-7-5-10-4-3-9(7)12-8/h1-6,13H/b11-6+. The van der Waals surface area contributed by atoms with Gasteiger partial charge < -0.3 is 5.21 Å². The van der Waals surface area contributed by atoms with Crippen molar-refractivity contribution in [3.63, 3.8) is 0 Å². The molecule has 0 unspecified atom stereocenters. The highest BCUT2D eigenvalue weighted by atomic mass is 16.4. The fraction of sp³-hybridized carbons (Fsp3) is 0. The zero-order valence-electron chi connectivity index (χ0n) is 6.75. The van der Waals surface area contributed by atoms with Gasteiger partial charge in [0.25, 0.3) is 0 Å². The van der Waals surface area contributed by atoms with Gasteiger partial charge in [-0.25, -0.2) is 4.98 Å². The number of aromatic nitrogens is 2. The summed E-state index contributed by atoms with van der Waals surface area (Å²) in [4.78, 5) is 8.18. The van der Waals surface area contributed by atoms with Crippen LogP contribution in [-0.2, 0) is 0 Å². The topological polar surface area (TPSA) is 58.4 Å². The van der Waals surface area contributed by atoms with Crippen LogP contribution in [0.1, 0.15) is 5.69 Å². The largest absolute Gasteiger partial charge is 0.411 e. The zero-order valence-corrected chi connectivity index (χ0v) is 6.75. The average Bonchev–Trinajstić information content (AvgIpc) is 2.18. The summed E-state index contributed by atoms with van der Waals surface area (Å²) in [5, 5.41) is 12.2. The third-order valence-corrected chi connectivity index (χ3v) is 1.70. The zero-order chi connectivity index (χ0) is 9.10. The van der Waals surface area contributed by atoms with Crippen LogP contribution < -0.4 is 0 Å². The maximum atomic E-state index is 8.31. The molecule has 0 spiro atoms. The minimum atomic E-state index is 0.626. The minimum Gasteiger partial charge on any atom is -0.411 e. The van der Waals surface area contributed by atoms with Crippen LogP contribution in [0.3, 0.4) is 0 Å². The average molecular weight is 173 g/mol. The van der Waals surface area contributed by atoms with Crippen LogP contribution >= 0.6 is 0 Å². The first-order chi connectivity index (χ1) is 6.40. The molecule has 0 radical (unpaired) electrons. The van der Waals surface area contributed by atoms with Crippen LogP contribution in [0, 0.1) is 0 Å². The van der Waals surface area contributed by atoms with Crippen LogP contribution in [0.5, 0.6) is 0 Å². The predicted molar refractivity (Wildman–Crippen MR) is 48.9 cm³/mol. The monoisotopic (exact) mass is 173 g/mol. The smallest absolute Gasteiger partial charge is 0.0918 e. The molecule has 0 aliphatic heterocycles. The highest BCUT2D eigenvalue weighted by molar-refractivity contribution is 5.84. The Morgan fingerprint density at radius 3 is 3.08 bits per heavy atom. The fourth-order valence-electron chi connectivity index (χ4n) is 1.11. The van der Waals surface area contributed by atoms with E-state index in [9.17, 15) is 0 Å².